The first-order chi connectivity index (χ1) is 9.58. The van der Waals surface area contributed by atoms with Crippen LogP contribution in [0.5, 0.6) is 11.5 Å². The molecule has 1 aromatic rings. The molecule has 1 aromatic carbocycles. The van der Waals surface area contributed by atoms with E-state index in [2.05, 4.69) is 24.5 Å². The first kappa shape index (κ1) is 14.7. The minimum atomic E-state index is -0.244. The van der Waals surface area contributed by atoms with Crippen molar-refractivity contribution in [3.8, 4) is 11.5 Å². The lowest BCUT2D eigenvalue weighted by Gasteiger charge is -2.15. The summed E-state index contributed by atoms with van der Waals surface area (Å²) in [5.74, 6) is 2.01. The number of hydrogen-bond acceptors (Lipinski definition) is 4. The number of para-hydroxylation sites is 1. The predicted octanol–water partition coefficient (Wildman–Crippen LogP) is 1.67. The molecule has 1 amide bonds. The molecule has 0 radical (unpaired) electrons. The Kier molecular flexibility index (Phi) is 4.84. The quantitative estimate of drug-likeness (QED) is 0.831. The van der Waals surface area contributed by atoms with Crippen LogP contribution in [0.1, 0.15) is 26.3 Å². The number of benzene rings is 1. The third-order valence-electron chi connectivity index (χ3n) is 3.15. The van der Waals surface area contributed by atoms with E-state index >= 15 is 0 Å². The summed E-state index contributed by atoms with van der Waals surface area (Å²) >= 11 is 0. The number of carbonyl (C=O) groups excluding carboxylic acids is 1. The summed E-state index contributed by atoms with van der Waals surface area (Å²) in [6.07, 6.45) is 0. The minimum Gasteiger partial charge on any atom is -0.454 e. The summed E-state index contributed by atoms with van der Waals surface area (Å²) in [6.45, 7) is 7.53. The number of fused-ring (bicyclic) bond motifs is 1. The van der Waals surface area contributed by atoms with Gasteiger partial charge in [0.15, 0.2) is 11.5 Å². The second kappa shape index (κ2) is 6.61. The highest BCUT2D eigenvalue weighted by Gasteiger charge is 2.18. The first-order valence-corrected chi connectivity index (χ1v) is 6.96. The van der Waals surface area contributed by atoms with E-state index in [1.54, 1.807) is 0 Å². The van der Waals surface area contributed by atoms with Gasteiger partial charge in [-0.2, -0.15) is 0 Å². The monoisotopic (exact) mass is 278 g/mol. The van der Waals surface area contributed by atoms with Gasteiger partial charge in [0.05, 0.1) is 6.04 Å². The fraction of sp³-hybridized carbons (Fsp3) is 0.533. The van der Waals surface area contributed by atoms with Gasteiger partial charge in [-0.15, -0.1) is 0 Å². The van der Waals surface area contributed by atoms with Crippen molar-refractivity contribution in [1.82, 2.24) is 10.6 Å². The van der Waals surface area contributed by atoms with Gasteiger partial charge in [-0.25, -0.2) is 0 Å². The summed E-state index contributed by atoms with van der Waals surface area (Å²) in [5.41, 5.74) is 1.00. The normalized spacial score (nSPS) is 14.4. The third-order valence-corrected chi connectivity index (χ3v) is 3.15. The molecule has 5 heteroatoms. The second-order valence-electron chi connectivity index (χ2n) is 5.39. The van der Waals surface area contributed by atoms with Crippen molar-refractivity contribution in [2.24, 2.45) is 5.92 Å². The zero-order valence-electron chi connectivity index (χ0n) is 12.2. The molecule has 2 N–H and O–H groups in total. The summed E-state index contributed by atoms with van der Waals surface area (Å²) < 4.78 is 10.8. The van der Waals surface area contributed by atoms with E-state index in [0.29, 0.717) is 19.0 Å². The molecule has 110 valence electrons. The maximum Gasteiger partial charge on any atom is 0.236 e. The van der Waals surface area contributed by atoms with Crippen LogP contribution in [-0.2, 0) is 11.3 Å². The fourth-order valence-electron chi connectivity index (χ4n) is 1.94. The number of nitrogens with one attached hydrogen (secondary N) is 2. The lowest BCUT2D eigenvalue weighted by atomic mass is 10.1. The Morgan fingerprint density at radius 1 is 1.30 bits per heavy atom. The molecule has 0 aliphatic carbocycles. The van der Waals surface area contributed by atoms with Gasteiger partial charge in [0.2, 0.25) is 12.7 Å². The van der Waals surface area contributed by atoms with Crippen LogP contribution < -0.4 is 20.1 Å². The van der Waals surface area contributed by atoms with Crippen molar-refractivity contribution in [3.63, 3.8) is 0 Å². The SMILES string of the molecule is CC(C)CNC(=O)C(C)NCc1cccc2c1OCO2. The Bertz CT molecular complexity index is 474. The van der Waals surface area contributed by atoms with Crippen LogP contribution in [0.4, 0.5) is 0 Å². The Morgan fingerprint density at radius 2 is 2.10 bits per heavy atom. The molecule has 0 bridgehead atoms. The topological polar surface area (TPSA) is 59.6 Å². The molecule has 1 aliphatic rings. The first-order valence-electron chi connectivity index (χ1n) is 6.96. The zero-order chi connectivity index (χ0) is 14.5. The Labute approximate surface area is 119 Å². The van der Waals surface area contributed by atoms with Gasteiger partial charge in [-0.3, -0.25) is 4.79 Å². The summed E-state index contributed by atoms with van der Waals surface area (Å²) in [7, 11) is 0. The van der Waals surface area contributed by atoms with Crippen molar-refractivity contribution in [2.45, 2.75) is 33.4 Å². The van der Waals surface area contributed by atoms with Crippen LogP contribution in [0.3, 0.4) is 0 Å². The Hall–Kier alpha value is -1.75. The smallest absolute Gasteiger partial charge is 0.236 e. The lowest BCUT2D eigenvalue weighted by molar-refractivity contribution is -0.122. The molecule has 1 unspecified atom stereocenters. The van der Waals surface area contributed by atoms with Crippen molar-refractivity contribution in [3.05, 3.63) is 23.8 Å². The molecule has 0 saturated carbocycles. The molecule has 0 fully saturated rings. The van der Waals surface area contributed by atoms with Crippen LogP contribution in [-0.4, -0.2) is 25.3 Å². The van der Waals surface area contributed by atoms with Crippen molar-refractivity contribution in [1.29, 1.82) is 0 Å². The van der Waals surface area contributed by atoms with E-state index < -0.39 is 0 Å². The van der Waals surface area contributed by atoms with Crippen LogP contribution in [0.2, 0.25) is 0 Å². The van der Waals surface area contributed by atoms with Crippen LogP contribution in [0.15, 0.2) is 18.2 Å². The van der Waals surface area contributed by atoms with E-state index in [0.717, 1.165) is 17.1 Å². The molecule has 2 rings (SSSR count). The molecular formula is C15H22N2O3. The van der Waals surface area contributed by atoms with Crippen molar-refractivity contribution >= 4 is 5.91 Å². The molecule has 20 heavy (non-hydrogen) atoms. The predicted molar refractivity (Wildman–Crippen MR) is 76.7 cm³/mol. The van der Waals surface area contributed by atoms with Gasteiger partial charge in [-0.05, 0) is 18.9 Å². The van der Waals surface area contributed by atoms with Crippen molar-refractivity contribution < 1.29 is 14.3 Å². The van der Waals surface area contributed by atoms with Gasteiger partial charge in [0, 0.05) is 18.7 Å². The molecule has 1 heterocycles. The van der Waals surface area contributed by atoms with E-state index in [9.17, 15) is 4.79 Å². The highest BCUT2D eigenvalue weighted by atomic mass is 16.7. The molecule has 0 spiro atoms. The largest absolute Gasteiger partial charge is 0.454 e. The molecule has 0 saturated heterocycles. The van der Waals surface area contributed by atoms with Crippen LogP contribution >= 0.6 is 0 Å². The number of hydrogen-bond donors (Lipinski definition) is 2. The molecular weight excluding hydrogens is 256 g/mol. The molecule has 0 aromatic heterocycles. The van der Waals surface area contributed by atoms with Gasteiger partial charge < -0.3 is 20.1 Å². The average molecular weight is 278 g/mol. The summed E-state index contributed by atoms with van der Waals surface area (Å²) in [5, 5.41) is 6.12. The summed E-state index contributed by atoms with van der Waals surface area (Å²) in [6, 6.07) is 5.53. The van der Waals surface area contributed by atoms with Crippen LogP contribution in [0.25, 0.3) is 0 Å². The average Bonchev–Trinajstić information content (AvgIpc) is 2.90. The van der Waals surface area contributed by atoms with Gasteiger partial charge in [-0.1, -0.05) is 26.0 Å². The summed E-state index contributed by atoms with van der Waals surface area (Å²) in [4.78, 5) is 11.9. The van der Waals surface area contributed by atoms with E-state index in [1.807, 2.05) is 25.1 Å². The highest BCUT2D eigenvalue weighted by Crippen LogP contribution is 2.35. The van der Waals surface area contributed by atoms with Gasteiger partial charge >= 0.3 is 0 Å². The standard InChI is InChI=1S/C15H22N2O3/c1-10(2)7-17-15(18)11(3)16-8-12-5-4-6-13-14(12)20-9-19-13/h4-6,10-11,16H,7-9H2,1-3H3,(H,17,18). The number of carbonyl (C=O) groups is 1. The maximum atomic E-state index is 11.9. The fourth-order valence-corrected chi connectivity index (χ4v) is 1.94. The Balaban J connectivity index is 1.86. The van der Waals surface area contributed by atoms with Gasteiger partial charge in [0.25, 0.3) is 0 Å². The van der Waals surface area contributed by atoms with Gasteiger partial charge in [0.1, 0.15) is 0 Å². The lowest BCUT2D eigenvalue weighted by Crippen LogP contribution is -2.42. The zero-order valence-corrected chi connectivity index (χ0v) is 12.2. The second-order valence-corrected chi connectivity index (χ2v) is 5.39. The van der Waals surface area contributed by atoms with Crippen LogP contribution in [0, 0.1) is 5.92 Å². The maximum absolute atomic E-state index is 11.9. The molecule has 1 atom stereocenters. The minimum absolute atomic E-state index is 0.0171. The number of amides is 1. The van der Waals surface area contributed by atoms with E-state index in [1.165, 1.54) is 0 Å². The molecule has 5 nitrogen and oxygen atoms in total. The third kappa shape index (κ3) is 3.63. The van der Waals surface area contributed by atoms with E-state index in [-0.39, 0.29) is 18.7 Å². The molecule has 1 aliphatic heterocycles. The number of rotatable bonds is 6. The van der Waals surface area contributed by atoms with E-state index in [4.69, 9.17) is 9.47 Å². The van der Waals surface area contributed by atoms with Crippen molar-refractivity contribution in [2.75, 3.05) is 13.3 Å². The highest BCUT2D eigenvalue weighted by molar-refractivity contribution is 5.81. The Morgan fingerprint density at radius 3 is 2.85 bits per heavy atom. The number of ether oxygens (including phenoxy) is 2.